The largest absolute Gasteiger partial charge is 0.391 e. The van der Waals surface area contributed by atoms with Crippen molar-refractivity contribution in [3.8, 4) is 0 Å². The minimum atomic E-state index is -0.702. The van der Waals surface area contributed by atoms with Crippen LogP contribution in [0.15, 0.2) is 42.5 Å². The summed E-state index contributed by atoms with van der Waals surface area (Å²) in [4.78, 5) is 22.7. The molecule has 0 fully saturated rings. The Labute approximate surface area is 127 Å². The van der Waals surface area contributed by atoms with Crippen LogP contribution in [0.5, 0.6) is 0 Å². The monoisotopic (exact) mass is 303 g/mol. The second-order valence-electron chi connectivity index (χ2n) is 4.56. The van der Waals surface area contributed by atoms with E-state index >= 15 is 0 Å². The molecule has 0 amide bonds. The first-order chi connectivity index (χ1) is 10.0. The van der Waals surface area contributed by atoms with Gasteiger partial charge in [0.25, 0.3) is 5.69 Å². The van der Waals surface area contributed by atoms with Gasteiger partial charge in [-0.3, -0.25) is 10.1 Å². The minimum Gasteiger partial charge on any atom is -0.391 e. The Morgan fingerprint density at radius 2 is 1.90 bits per heavy atom. The molecule has 0 N–H and O–H groups in total. The SMILES string of the molecule is Cc1ccc(C(=O)OS)c(Cc2ccccc2)c1[N+](=O)[O-]. The summed E-state index contributed by atoms with van der Waals surface area (Å²) in [6.07, 6.45) is 0.275. The van der Waals surface area contributed by atoms with Crippen LogP contribution in [0.25, 0.3) is 0 Å². The molecule has 2 aromatic carbocycles. The van der Waals surface area contributed by atoms with Gasteiger partial charge in [0.1, 0.15) is 0 Å². The van der Waals surface area contributed by atoms with Crippen molar-refractivity contribution >= 4 is 24.6 Å². The van der Waals surface area contributed by atoms with Crippen LogP contribution >= 0.6 is 12.9 Å². The van der Waals surface area contributed by atoms with Crippen LogP contribution in [0, 0.1) is 17.0 Å². The molecule has 0 spiro atoms. The number of aryl methyl sites for hydroxylation is 1. The molecule has 0 saturated carbocycles. The number of nitro benzene ring substituents is 1. The lowest BCUT2D eigenvalue weighted by molar-refractivity contribution is -0.386. The molecule has 5 nitrogen and oxygen atoms in total. The fourth-order valence-electron chi connectivity index (χ4n) is 2.23. The van der Waals surface area contributed by atoms with Gasteiger partial charge in [0.05, 0.1) is 10.5 Å². The summed E-state index contributed by atoms with van der Waals surface area (Å²) in [7, 11) is 0. The highest BCUT2D eigenvalue weighted by Crippen LogP contribution is 2.29. The summed E-state index contributed by atoms with van der Waals surface area (Å²) in [5.41, 5.74) is 1.81. The molecule has 0 aliphatic heterocycles. The van der Waals surface area contributed by atoms with Crippen molar-refractivity contribution < 1.29 is 13.9 Å². The van der Waals surface area contributed by atoms with Crippen molar-refractivity contribution in [2.24, 2.45) is 0 Å². The van der Waals surface area contributed by atoms with E-state index in [1.807, 2.05) is 30.3 Å². The number of hydrogen-bond donors (Lipinski definition) is 1. The molecule has 0 atom stereocenters. The van der Waals surface area contributed by atoms with Gasteiger partial charge in [0, 0.05) is 30.5 Å². The first kappa shape index (κ1) is 15.1. The molecule has 6 heteroatoms. The van der Waals surface area contributed by atoms with E-state index in [1.165, 1.54) is 12.1 Å². The number of benzene rings is 2. The number of hydrogen-bond acceptors (Lipinski definition) is 5. The maximum Gasteiger partial charge on any atom is 0.350 e. The summed E-state index contributed by atoms with van der Waals surface area (Å²) in [6.45, 7) is 1.64. The van der Waals surface area contributed by atoms with Crippen molar-refractivity contribution in [2.45, 2.75) is 13.3 Å². The third kappa shape index (κ3) is 3.22. The van der Waals surface area contributed by atoms with Crippen LogP contribution in [0.1, 0.15) is 27.0 Å². The fraction of sp³-hybridized carbons (Fsp3) is 0.133. The van der Waals surface area contributed by atoms with Gasteiger partial charge in [-0.05, 0) is 18.6 Å². The maximum atomic E-state index is 11.8. The minimum absolute atomic E-state index is 0.0601. The quantitative estimate of drug-likeness (QED) is 0.406. The van der Waals surface area contributed by atoms with Crippen molar-refractivity contribution in [1.82, 2.24) is 0 Å². The Morgan fingerprint density at radius 3 is 2.48 bits per heavy atom. The summed E-state index contributed by atoms with van der Waals surface area (Å²) in [6, 6.07) is 12.3. The number of rotatable bonds is 4. The first-order valence-electron chi connectivity index (χ1n) is 6.21. The molecule has 0 aliphatic carbocycles. The molecule has 0 heterocycles. The number of thiol groups is 1. The normalized spacial score (nSPS) is 10.2. The number of nitro groups is 1. The Kier molecular flexibility index (Phi) is 4.59. The average Bonchev–Trinajstić information content (AvgIpc) is 2.47. The topological polar surface area (TPSA) is 69.4 Å². The zero-order chi connectivity index (χ0) is 15.4. The number of carbonyl (C=O) groups excluding carboxylic acids is 1. The van der Waals surface area contributed by atoms with Gasteiger partial charge >= 0.3 is 5.97 Å². The summed E-state index contributed by atoms with van der Waals surface area (Å²) in [5, 5.41) is 11.3. The molecule has 0 bridgehead atoms. The molecule has 2 rings (SSSR count). The molecule has 0 radical (unpaired) electrons. The highest BCUT2D eigenvalue weighted by molar-refractivity contribution is 7.75. The Bertz CT molecular complexity index is 686. The van der Waals surface area contributed by atoms with E-state index in [-0.39, 0.29) is 17.7 Å². The van der Waals surface area contributed by atoms with Gasteiger partial charge in [0.15, 0.2) is 0 Å². The summed E-state index contributed by atoms with van der Waals surface area (Å²) < 4.78 is 4.42. The van der Waals surface area contributed by atoms with Crippen LogP contribution in [0.2, 0.25) is 0 Å². The highest BCUT2D eigenvalue weighted by atomic mass is 32.1. The van der Waals surface area contributed by atoms with Gasteiger partial charge in [-0.2, -0.15) is 0 Å². The molecule has 2 aromatic rings. The molecule has 21 heavy (non-hydrogen) atoms. The van der Waals surface area contributed by atoms with Crippen LogP contribution in [0.4, 0.5) is 5.69 Å². The first-order valence-corrected chi connectivity index (χ1v) is 6.57. The van der Waals surface area contributed by atoms with Crippen LogP contribution in [0.3, 0.4) is 0 Å². The zero-order valence-electron chi connectivity index (χ0n) is 11.3. The third-order valence-electron chi connectivity index (χ3n) is 3.19. The van der Waals surface area contributed by atoms with Crippen molar-refractivity contribution in [1.29, 1.82) is 0 Å². The van der Waals surface area contributed by atoms with Gasteiger partial charge in [-0.15, -0.1) is 0 Å². The average molecular weight is 303 g/mol. The standard InChI is InChI=1S/C15H13NO4S/c1-10-7-8-12(15(17)20-21)13(14(10)16(18)19)9-11-5-3-2-4-6-11/h2-8,21H,9H2,1H3. The smallest absolute Gasteiger partial charge is 0.350 e. The predicted molar refractivity (Wildman–Crippen MR) is 81.5 cm³/mol. The number of carbonyl (C=O) groups is 1. The van der Waals surface area contributed by atoms with E-state index < -0.39 is 10.9 Å². The molecule has 0 unspecified atom stereocenters. The van der Waals surface area contributed by atoms with E-state index in [1.54, 1.807) is 6.92 Å². The van der Waals surface area contributed by atoms with Gasteiger partial charge < -0.3 is 4.18 Å². The summed E-state index contributed by atoms with van der Waals surface area (Å²) >= 11 is 3.49. The lowest BCUT2D eigenvalue weighted by Gasteiger charge is -2.10. The van der Waals surface area contributed by atoms with Crippen LogP contribution in [-0.4, -0.2) is 10.9 Å². The zero-order valence-corrected chi connectivity index (χ0v) is 12.2. The van der Waals surface area contributed by atoms with Crippen molar-refractivity contribution in [2.75, 3.05) is 0 Å². The maximum absolute atomic E-state index is 11.8. The molecule has 0 aromatic heterocycles. The van der Waals surface area contributed by atoms with E-state index in [0.29, 0.717) is 11.1 Å². The molecule has 108 valence electrons. The van der Waals surface area contributed by atoms with Gasteiger partial charge in [-0.25, -0.2) is 4.79 Å². The van der Waals surface area contributed by atoms with Crippen molar-refractivity contribution in [3.05, 3.63) is 74.8 Å². The Morgan fingerprint density at radius 1 is 1.24 bits per heavy atom. The molecular weight excluding hydrogens is 290 g/mol. The van der Waals surface area contributed by atoms with E-state index in [2.05, 4.69) is 17.1 Å². The third-order valence-corrected chi connectivity index (χ3v) is 3.36. The summed E-state index contributed by atoms with van der Waals surface area (Å²) in [5.74, 6) is -0.702. The number of nitrogens with zero attached hydrogens (tertiary/aromatic N) is 1. The molecule has 0 saturated heterocycles. The molecular formula is C15H13NO4S. The fourth-order valence-corrected chi connectivity index (χ4v) is 2.33. The lowest BCUT2D eigenvalue weighted by Crippen LogP contribution is -2.09. The van der Waals surface area contributed by atoms with Gasteiger partial charge in [0.2, 0.25) is 0 Å². The lowest BCUT2D eigenvalue weighted by atomic mass is 9.95. The van der Waals surface area contributed by atoms with E-state index in [4.69, 9.17) is 0 Å². The second kappa shape index (κ2) is 6.41. The second-order valence-corrected chi connectivity index (χ2v) is 4.74. The van der Waals surface area contributed by atoms with Crippen LogP contribution < -0.4 is 0 Å². The van der Waals surface area contributed by atoms with Gasteiger partial charge in [-0.1, -0.05) is 36.4 Å². The highest BCUT2D eigenvalue weighted by Gasteiger charge is 2.25. The Hall–Kier alpha value is -2.34. The predicted octanol–water partition coefficient (Wildman–Crippen LogP) is 3.50. The van der Waals surface area contributed by atoms with E-state index in [0.717, 1.165) is 5.56 Å². The van der Waals surface area contributed by atoms with E-state index in [9.17, 15) is 14.9 Å². The van der Waals surface area contributed by atoms with Crippen molar-refractivity contribution in [3.63, 3.8) is 0 Å². The Balaban J connectivity index is 2.61. The van der Waals surface area contributed by atoms with Crippen LogP contribution in [-0.2, 0) is 10.6 Å². The molecule has 0 aliphatic rings.